The summed E-state index contributed by atoms with van der Waals surface area (Å²) in [6, 6.07) is 3.63. The Labute approximate surface area is 132 Å². The number of phenolic OH excluding ortho intramolecular Hbond substituents is 1. The van der Waals surface area contributed by atoms with E-state index >= 15 is 0 Å². The van der Waals surface area contributed by atoms with Gasteiger partial charge in [0.15, 0.2) is 0 Å². The number of rotatable bonds is 5. The van der Waals surface area contributed by atoms with Gasteiger partial charge < -0.3 is 15.3 Å². The van der Waals surface area contributed by atoms with Gasteiger partial charge in [0.05, 0.1) is 12.1 Å². The van der Waals surface area contributed by atoms with Crippen LogP contribution in [0.5, 0.6) is 5.75 Å². The molecule has 0 aliphatic heterocycles. The van der Waals surface area contributed by atoms with Crippen LogP contribution in [0.25, 0.3) is 0 Å². The molecule has 2 N–H and O–H groups in total. The number of phenols is 1. The zero-order valence-electron chi connectivity index (χ0n) is 14.2. The first kappa shape index (κ1) is 18.0. The third-order valence-corrected chi connectivity index (χ3v) is 3.59. The van der Waals surface area contributed by atoms with Crippen LogP contribution in [-0.4, -0.2) is 42.5 Å². The summed E-state index contributed by atoms with van der Waals surface area (Å²) in [5.74, 6) is -0.287. The molecule has 5 nitrogen and oxygen atoms in total. The lowest BCUT2D eigenvalue weighted by Crippen LogP contribution is -2.36. The minimum absolute atomic E-state index is 0.00537. The predicted octanol–water partition coefficient (Wildman–Crippen LogP) is 2.46. The predicted molar refractivity (Wildman–Crippen MR) is 87.3 cm³/mol. The monoisotopic (exact) mass is 306 g/mol. The Bertz CT molecular complexity index is 563. The third-order valence-electron chi connectivity index (χ3n) is 3.59. The van der Waals surface area contributed by atoms with Gasteiger partial charge in [-0.05, 0) is 29.0 Å². The summed E-state index contributed by atoms with van der Waals surface area (Å²) in [7, 11) is 3.25. The lowest BCUT2D eigenvalue weighted by Gasteiger charge is -2.17. The number of benzene rings is 1. The summed E-state index contributed by atoms with van der Waals surface area (Å²) in [6.07, 6.45) is 0. The second-order valence-corrected chi connectivity index (χ2v) is 6.29. The van der Waals surface area contributed by atoms with E-state index in [4.69, 9.17) is 0 Å². The molecule has 1 rings (SSSR count). The number of carbonyl (C=O) groups excluding carboxylic acids is 2. The number of hydrogen-bond donors (Lipinski definition) is 2. The molecule has 2 amide bonds. The molecule has 0 aliphatic carbocycles. The van der Waals surface area contributed by atoms with Crippen molar-refractivity contribution in [1.82, 2.24) is 10.2 Å². The fourth-order valence-corrected chi connectivity index (χ4v) is 2.04. The highest BCUT2D eigenvalue weighted by molar-refractivity contribution is 5.99. The lowest BCUT2D eigenvalue weighted by molar-refractivity contribution is -0.127. The number of amides is 2. The SMILES string of the molecule is CC(C)c1cc(C(=O)NCC(=O)N(C)C)c(O)c(C(C)C)c1. The Morgan fingerprint density at radius 3 is 2.18 bits per heavy atom. The van der Waals surface area contributed by atoms with Gasteiger partial charge in [0.25, 0.3) is 5.91 Å². The van der Waals surface area contributed by atoms with Crippen LogP contribution in [0, 0.1) is 0 Å². The van der Waals surface area contributed by atoms with E-state index in [1.54, 1.807) is 20.2 Å². The fourth-order valence-electron chi connectivity index (χ4n) is 2.04. The van der Waals surface area contributed by atoms with Gasteiger partial charge in [0.1, 0.15) is 5.75 Å². The fraction of sp³-hybridized carbons (Fsp3) is 0.529. The lowest BCUT2D eigenvalue weighted by atomic mass is 9.91. The van der Waals surface area contributed by atoms with Crippen molar-refractivity contribution in [3.8, 4) is 5.75 Å². The average molecular weight is 306 g/mol. The first-order valence-electron chi connectivity index (χ1n) is 7.50. The van der Waals surface area contributed by atoms with Gasteiger partial charge >= 0.3 is 0 Å². The molecule has 0 saturated carbocycles. The highest BCUT2D eigenvalue weighted by Gasteiger charge is 2.19. The van der Waals surface area contributed by atoms with Crippen LogP contribution in [-0.2, 0) is 4.79 Å². The highest BCUT2D eigenvalue weighted by Crippen LogP contribution is 2.32. The summed E-state index contributed by atoms with van der Waals surface area (Å²) >= 11 is 0. The molecule has 0 unspecified atom stereocenters. The van der Waals surface area contributed by atoms with Crippen LogP contribution in [0.1, 0.15) is 61.0 Å². The molecule has 0 radical (unpaired) electrons. The standard InChI is InChI=1S/C17H26N2O3/c1-10(2)12-7-13(11(3)4)16(21)14(8-12)17(22)18-9-15(20)19(5)6/h7-8,10-11,21H,9H2,1-6H3,(H,18,22). The molecule has 0 aliphatic rings. The minimum atomic E-state index is -0.433. The molecule has 0 fully saturated rings. The zero-order valence-corrected chi connectivity index (χ0v) is 14.2. The van der Waals surface area contributed by atoms with Crippen molar-refractivity contribution < 1.29 is 14.7 Å². The van der Waals surface area contributed by atoms with Gasteiger partial charge in [-0.15, -0.1) is 0 Å². The van der Waals surface area contributed by atoms with Crippen molar-refractivity contribution in [1.29, 1.82) is 0 Å². The van der Waals surface area contributed by atoms with Crippen molar-refractivity contribution in [2.24, 2.45) is 0 Å². The molecule has 5 heteroatoms. The van der Waals surface area contributed by atoms with Crippen molar-refractivity contribution >= 4 is 11.8 Å². The molecule has 1 aromatic carbocycles. The van der Waals surface area contributed by atoms with E-state index in [0.29, 0.717) is 0 Å². The van der Waals surface area contributed by atoms with Crippen molar-refractivity contribution in [2.75, 3.05) is 20.6 Å². The Kier molecular flexibility index (Phi) is 5.97. The second kappa shape index (κ2) is 7.29. The Morgan fingerprint density at radius 2 is 1.73 bits per heavy atom. The average Bonchev–Trinajstić information content (AvgIpc) is 2.43. The summed E-state index contributed by atoms with van der Waals surface area (Å²) in [5.41, 5.74) is 1.96. The number of aromatic hydroxyl groups is 1. The molecular weight excluding hydrogens is 280 g/mol. The van der Waals surface area contributed by atoms with E-state index in [9.17, 15) is 14.7 Å². The highest BCUT2D eigenvalue weighted by atomic mass is 16.3. The van der Waals surface area contributed by atoms with Gasteiger partial charge in [-0.2, -0.15) is 0 Å². The molecular formula is C17H26N2O3. The largest absolute Gasteiger partial charge is 0.507 e. The Balaban J connectivity index is 3.11. The summed E-state index contributed by atoms with van der Waals surface area (Å²) in [6.45, 7) is 7.92. The quantitative estimate of drug-likeness (QED) is 0.878. The molecule has 0 atom stereocenters. The van der Waals surface area contributed by atoms with Crippen LogP contribution in [0.3, 0.4) is 0 Å². The second-order valence-electron chi connectivity index (χ2n) is 6.29. The molecule has 0 aromatic heterocycles. The van der Waals surface area contributed by atoms with Crippen molar-refractivity contribution in [2.45, 2.75) is 39.5 Å². The number of likely N-dealkylation sites (N-methyl/N-ethyl adjacent to an activating group) is 1. The van der Waals surface area contributed by atoms with Crippen LogP contribution in [0.2, 0.25) is 0 Å². The third kappa shape index (κ3) is 4.23. The first-order valence-corrected chi connectivity index (χ1v) is 7.50. The first-order chi connectivity index (χ1) is 10.1. The van der Waals surface area contributed by atoms with Crippen LogP contribution < -0.4 is 5.32 Å². The minimum Gasteiger partial charge on any atom is -0.507 e. The summed E-state index contributed by atoms with van der Waals surface area (Å²) < 4.78 is 0. The van der Waals surface area contributed by atoms with Crippen molar-refractivity contribution in [3.05, 3.63) is 28.8 Å². The molecule has 0 bridgehead atoms. The Morgan fingerprint density at radius 1 is 1.14 bits per heavy atom. The van der Waals surface area contributed by atoms with Gasteiger partial charge in [-0.1, -0.05) is 33.8 Å². The smallest absolute Gasteiger partial charge is 0.255 e. The van der Waals surface area contributed by atoms with E-state index in [1.807, 2.05) is 33.8 Å². The van der Waals surface area contributed by atoms with Crippen LogP contribution in [0.4, 0.5) is 0 Å². The van der Waals surface area contributed by atoms with E-state index in [2.05, 4.69) is 5.32 Å². The van der Waals surface area contributed by atoms with Gasteiger partial charge in [-0.3, -0.25) is 9.59 Å². The van der Waals surface area contributed by atoms with E-state index in [0.717, 1.165) is 11.1 Å². The van der Waals surface area contributed by atoms with Gasteiger partial charge in [-0.25, -0.2) is 0 Å². The number of hydrogen-bond acceptors (Lipinski definition) is 3. The van der Waals surface area contributed by atoms with E-state index < -0.39 is 5.91 Å². The maximum absolute atomic E-state index is 12.3. The number of nitrogens with one attached hydrogen (secondary N) is 1. The molecule has 0 saturated heterocycles. The van der Waals surface area contributed by atoms with Crippen LogP contribution >= 0.6 is 0 Å². The summed E-state index contributed by atoms with van der Waals surface area (Å²) in [4.78, 5) is 25.3. The number of carbonyl (C=O) groups is 2. The van der Waals surface area contributed by atoms with Crippen molar-refractivity contribution in [3.63, 3.8) is 0 Å². The van der Waals surface area contributed by atoms with E-state index in [-0.39, 0.29) is 35.6 Å². The topological polar surface area (TPSA) is 69.6 Å². The number of nitrogens with zero attached hydrogens (tertiary/aromatic N) is 1. The molecule has 22 heavy (non-hydrogen) atoms. The van der Waals surface area contributed by atoms with Crippen LogP contribution in [0.15, 0.2) is 12.1 Å². The molecule has 0 spiro atoms. The zero-order chi connectivity index (χ0) is 17.0. The molecule has 0 heterocycles. The van der Waals surface area contributed by atoms with Gasteiger partial charge in [0.2, 0.25) is 5.91 Å². The summed E-state index contributed by atoms with van der Waals surface area (Å²) in [5, 5.41) is 12.9. The normalized spacial score (nSPS) is 10.9. The molecule has 1 aromatic rings. The maximum atomic E-state index is 12.3. The van der Waals surface area contributed by atoms with Gasteiger partial charge in [0, 0.05) is 14.1 Å². The molecule has 122 valence electrons. The maximum Gasteiger partial charge on any atom is 0.255 e. The van der Waals surface area contributed by atoms with E-state index in [1.165, 1.54) is 4.90 Å². The Hall–Kier alpha value is -2.04.